The third-order valence-corrected chi connectivity index (χ3v) is 3.26. The van der Waals surface area contributed by atoms with Crippen molar-refractivity contribution in [2.75, 3.05) is 0 Å². The first kappa shape index (κ1) is 12.6. The van der Waals surface area contributed by atoms with Gasteiger partial charge >= 0.3 is 5.97 Å². The van der Waals surface area contributed by atoms with Crippen molar-refractivity contribution in [1.29, 1.82) is 0 Å². The first-order valence-electron chi connectivity index (χ1n) is 5.95. The molecule has 0 bridgehead atoms. The van der Waals surface area contributed by atoms with Crippen molar-refractivity contribution in [3.8, 4) is 0 Å². The number of fused-ring (bicyclic) bond motifs is 1. The quantitative estimate of drug-likeness (QED) is 0.804. The molecule has 0 atom stereocenters. The summed E-state index contributed by atoms with van der Waals surface area (Å²) in [5.74, 6) is -0.327. The second-order valence-electron chi connectivity index (χ2n) is 4.34. The van der Waals surface area contributed by atoms with E-state index in [-0.39, 0.29) is 5.56 Å². The van der Waals surface area contributed by atoms with E-state index in [0.29, 0.717) is 22.9 Å². The van der Waals surface area contributed by atoms with Crippen LogP contribution in [0.25, 0.3) is 5.65 Å². The molecule has 0 aliphatic rings. The van der Waals surface area contributed by atoms with Crippen LogP contribution in [-0.4, -0.2) is 25.7 Å². The van der Waals surface area contributed by atoms with Gasteiger partial charge in [0, 0.05) is 17.6 Å². The molecule has 1 aromatic carbocycles. The van der Waals surface area contributed by atoms with Gasteiger partial charge in [0.2, 0.25) is 0 Å². The van der Waals surface area contributed by atoms with Gasteiger partial charge in [-0.15, -0.1) is 10.2 Å². The van der Waals surface area contributed by atoms with E-state index in [1.165, 1.54) is 6.07 Å². The van der Waals surface area contributed by atoms with Crippen molar-refractivity contribution >= 4 is 23.2 Å². The number of carboxylic acid groups (broad SMARTS) is 1. The van der Waals surface area contributed by atoms with Crippen molar-refractivity contribution in [1.82, 2.24) is 14.6 Å². The Labute approximate surface area is 119 Å². The number of nitrogens with zero attached hydrogens (tertiary/aromatic N) is 3. The molecule has 0 radical (unpaired) electrons. The van der Waals surface area contributed by atoms with Gasteiger partial charge in [-0.3, -0.25) is 4.40 Å². The summed E-state index contributed by atoms with van der Waals surface area (Å²) in [5.41, 5.74) is 1.52. The fraction of sp³-hybridized carbons (Fsp3) is 0.0714. The summed E-state index contributed by atoms with van der Waals surface area (Å²) in [4.78, 5) is 11.1. The highest BCUT2D eigenvalue weighted by atomic mass is 35.5. The molecule has 3 aromatic rings. The summed E-state index contributed by atoms with van der Waals surface area (Å²) < 4.78 is 1.69. The average Bonchev–Trinajstić information content (AvgIpc) is 2.84. The Bertz CT molecular complexity index is 781. The van der Waals surface area contributed by atoms with Gasteiger partial charge in [-0.2, -0.15) is 0 Å². The summed E-state index contributed by atoms with van der Waals surface area (Å²) in [5, 5.41) is 17.8. The van der Waals surface area contributed by atoms with Gasteiger partial charge in [0.1, 0.15) is 11.4 Å². The molecular weight excluding hydrogens is 278 g/mol. The summed E-state index contributed by atoms with van der Waals surface area (Å²) in [7, 11) is 0. The van der Waals surface area contributed by atoms with E-state index >= 15 is 0 Å². The van der Waals surface area contributed by atoms with Crippen LogP contribution in [-0.2, 0) is 6.42 Å². The number of carboxylic acids is 1. The topological polar surface area (TPSA) is 67.5 Å². The van der Waals surface area contributed by atoms with Gasteiger partial charge < -0.3 is 5.11 Å². The number of benzene rings is 1. The Balaban J connectivity index is 2.03. The Morgan fingerprint density at radius 2 is 1.95 bits per heavy atom. The van der Waals surface area contributed by atoms with Crippen molar-refractivity contribution in [3.63, 3.8) is 0 Å². The molecule has 2 heterocycles. The summed E-state index contributed by atoms with van der Waals surface area (Å²) in [6.07, 6.45) is 2.31. The molecule has 0 unspecified atom stereocenters. The first-order valence-corrected chi connectivity index (χ1v) is 6.33. The molecule has 20 heavy (non-hydrogen) atoms. The monoisotopic (exact) mass is 287 g/mol. The van der Waals surface area contributed by atoms with Crippen LogP contribution in [0.5, 0.6) is 0 Å². The van der Waals surface area contributed by atoms with Crippen LogP contribution < -0.4 is 0 Å². The molecule has 0 aliphatic carbocycles. The smallest absolute Gasteiger partial charge is 0.339 e. The van der Waals surface area contributed by atoms with E-state index in [9.17, 15) is 4.79 Å². The predicted molar refractivity (Wildman–Crippen MR) is 74.2 cm³/mol. The fourth-order valence-corrected chi connectivity index (χ4v) is 2.16. The SMILES string of the molecule is O=C(O)c1cccn2c(Cc3ccc(Cl)cc3)nnc12. The number of aromatic carboxylic acids is 1. The molecule has 0 amide bonds. The van der Waals surface area contributed by atoms with Crippen molar-refractivity contribution in [2.24, 2.45) is 0 Å². The minimum atomic E-state index is -1.01. The lowest BCUT2D eigenvalue weighted by Crippen LogP contribution is -2.02. The Morgan fingerprint density at radius 1 is 1.20 bits per heavy atom. The molecular formula is C14H10ClN3O2. The normalized spacial score (nSPS) is 10.8. The highest BCUT2D eigenvalue weighted by Crippen LogP contribution is 2.15. The van der Waals surface area contributed by atoms with Gasteiger partial charge in [0.25, 0.3) is 0 Å². The van der Waals surface area contributed by atoms with Crippen LogP contribution in [0.1, 0.15) is 21.7 Å². The van der Waals surface area contributed by atoms with Crippen LogP contribution in [0, 0.1) is 0 Å². The molecule has 0 aliphatic heterocycles. The van der Waals surface area contributed by atoms with Crippen molar-refractivity contribution in [2.45, 2.75) is 6.42 Å². The van der Waals surface area contributed by atoms with Crippen molar-refractivity contribution in [3.05, 3.63) is 64.6 Å². The second kappa shape index (κ2) is 4.94. The molecule has 5 nitrogen and oxygen atoms in total. The molecule has 3 rings (SSSR count). The number of hydrogen-bond donors (Lipinski definition) is 1. The lowest BCUT2D eigenvalue weighted by molar-refractivity contribution is 0.0698. The molecule has 0 saturated heterocycles. The minimum Gasteiger partial charge on any atom is -0.478 e. The maximum absolute atomic E-state index is 11.1. The Morgan fingerprint density at radius 3 is 2.65 bits per heavy atom. The van der Waals surface area contributed by atoms with Crippen LogP contribution in [0.15, 0.2) is 42.6 Å². The standard InChI is InChI=1S/C14H10ClN3O2/c15-10-5-3-9(4-6-10)8-12-16-17-13-11(14(19)20)2-1-7-18(12)13/h1-7H,8H2,(H,19,20). The number of rotatable bonds is 3. The van der Waals surface area contributed by atoms with E-state index in [4.69, 9.17) is 16.7 Å². The fourth-order valence-electron chi connectivity index (χ4n) is 2.04. The largest absolute Gasteiger partial charge is 0.478 e. The Hall–Kier alpha value is -2.40. The molecule has 100 valence electrons. The highest BCUT2D eigenvalue weighted by molar-refractivity contribution is 6.30. The average molecular weight is 288 g/mol. The third kappa shape index (κ3) is 2.23. The number of hydrogen-bond acceptors (Lipinski definition) is 3. The van der Waals surface area contributed by atoms with E-state index in [1.807, 2.05) is 24.3 Å². The van der Waals surface area contributed by atoms with Crippen LogP contribution in [0.2, 0.25) is 5.02 Å². The number of carbonyl (C=O) groups is 1. The molecule has 2 aromatic heterocycles. The lowest BCUT2D eigenvalue weighted by atomic mass is 10.1. The van der Waals surface area contributed by atoms with Crippen LogP contribution >= 0.6 is 11.6 Å². The molecule has 0 fully saturated rings. The van der Waals surface area contributed by atoms with Gasteiger partial charge in [0.15, 0.2) is 5.65 Å². The number of halogens is 1. The highest BCUT2D eigenvalue weighted by Gasteiger charge is 2.13. The van der Waals surface area contributed by atoms with Crippen LogP contribution in [0.4, 0.5) is 0 Å². The summed E-state index contributed by atoms with van der Waals surface area (Å²) in [6, 6.07) is 10.6. The number of aromatic nitrogens is 3. The van der Waals surface area contributed by atoms with Gasteiger partial charge in [-0.1, -0.05) is 23.7 Å². The summed E-state index contributed by atoms with van der Waals surface area (Å²) in [6.45, 7) is 0. The maximum Gasteiger partial charge on any atom is 0.339 e. The van der Waals surface area contributed by atoms with E-state index < -0.39 is 5.97 Å². The van der Waals surface area contributed by atoms with E-state index in [0.717, 1.165) is 5.56 Å². The van der Waals surface area contributed by atoms with Crippen LogP contribution in [0.3, 0.4) is 0 Å². The molecule has 1 N–H and O–H groups in total. The molecule has 0 saturated carbocycles. The maximum atomic E-state index is 11.1. The molecule has 0 spiro atoms. The minimum absolute atomic E-state index is 0.141. The van der Waals surface area contributed by atoms with E-state index in [1.54, 1.807) is 16.7 Å². The number of pyridine rings is 1. The van der Waals surface area contributed by atoms with Gasteiger partial charge in [0.05, 0.1) is 0 Å². The Kier molecular flexibility index (Phi) is 3.12. The van der Waals surface area contributed by atoms with Crippen molar-refractivity contribution < 1.29 is 9.90 Å². The lowest BCUT2D eigenvalue weighted by Gasteiger charge is -2.02. The predicted octanol–water partition coefficient (Wildman–Crippen LogP) is 2.67. The zero-order valence-electron chi connectivity index (χ0n) is 10.3. The van der Waals surface area contributed by atoms with Gasteiger partial charge in [-0.25, -0.2) is 4.79 Å². The first-order chi connectivity index (χ1) is 9.65. The summed E-state index contributed by atoms with van der Waals surface area (Å²) >= 11 is 5.85. The zero-order valence-corrected chi connectivity index (χ0v) is 11.1. The van der Waals surface area contributed by atoms with E-state index in [2.05, 4.69) is 10.2 Å². The second-order valence-corrected chi connectivity index (χ2v) is 4.78. The zero-order chi connectivity index (χ0) is 14.1. The van der Waals surface area contributed by atoms with Gasteiger partial charge in [-0.05, 0) is 29.8 Å². The third-order valence-electron chi connectivity index (χ3n) is 3.01. The molecule has 6 heteroatoms.